The van der Waals surface area contributed by atoms with Crippen molar-refractivity contribution in [2.45, 2.75) is 40.2 Å². The molecule has 0 saturated carbocycles. The van der Waals surface area contributed by atoms with Crippen LogP contribution in [0.15, 0.2) is 12.1 Å². The molecule has 0 radical (unpaired) electrons. The van der Waals surface area contributed by atoms with E-state index >= 15 is 0 Å². The zero-order valence-electron chi connectivity index (χ0n) is 11.8. The van der Waals surface area contributed by atoms with Crippen molar-refractivity contribution < 1.29 is 0 Å². The van der Waals surface area contributed by atoms with Crippen molar-refractivity contribution in [2.75, 3.05) is 13.6 Å². The van der Waals surface area contributed by atoms with Crippen LogP contribution in [0.1, 0.15) is 41.6 Å². The van der Waals surface area contributed by atoms with Gasteiger partial charge in [-0.3, -0.25) is 0 Å². The van der Waals surface area contributed by atoms with Crippen LogP contribution < -0.4 is 11.1 Å². The molecule has 0 aliphatic heterocycles. The summed E-state index contributed by atoms with van der Waals surface area (Å²) in [6, 6.07) is 5.00. The summed E-state index contributed by atoms with van der Waals surface area (Å²) in [6.45, 7) is 9.50. The fourth-order valence-corrected chi connectivity index (χ4v) is 2.26. The largest absolute Gasteiger partial charge is 0.330 e. The van der Waals surface area contributed by atoms with Crippen LogP contribution in [0.3, 0.4) is 0 Å². The van der Waals surface area contributed by atoms with Gasteiger partial charge in [0.1, 0.15) is 0 Å². The number of nitrogens with two attached hydrogens (primary N) is 1. The molecule has 2 heteroatoms. The quantitative estimate of drug-likeness (QED) is 0.822. The monoisotopic (exact) mass is 234 g/mol. The number of rotatable bonds is 5. The standard InChI is InChI=1S/C15H26N2/c1-10(9-16)6-15(17-5)14-8-12(3)11(2)7-13(14)4/h7-8,10,15,17H,6,9,16H2,1-5H3. The Kier molecular flexibility index (Phi) is 5.16. The van der Waals surface area contributed by atoms with Gasteiger partial charge >= 0.3 is 0 Å². The van der Waals surface area contributed by atoms with E-state index in [0.29, 0.717) is 12.0 Å². The van der Waals surface area contributed by atoms with Crippen LogP contribution in [0.4, 0.5) is 0 Å². The molecule has 0 saturated heterocycles. The van der Waals surface area contributed by atoms with Gasteiger partial charge in [-0.25, -0.2) is 0 Å². The second-order valence-corrected chi connectivity index (χ2v) is 5.21. The number of benzene rings is 1. The van der Waals surface area contributed by atoms with E-state index in [0.717, 1.165) is 13.0 Å². The number of hydrogen-bond acceptors (Lipinski definition) is 2. The van der Waals surface area contributed by atoms with Crippen molar-refractivity contribution in [1.82, 2.24) is 5.32 Å². The summed E-state index contributed by atoms with van der Waals surface area (Å²) >= 11 is 0. The lowest BCUT2D eigenvalue weighted by atomic mass is 9.90. The Bertz CT molecular complexity index is 371. The van der Waals surface area contributed by atoms with E-state index in [1.807, 2.05) is 7.05 Å². The smallest absolute Gasteiger partial charge is 0.0323 e. The first kappa shape index (κ1) is 14.2. The van der Waals surface area contributed by atoms with E-state index in [1.54, 1.807) is 0 Å². The van der Waals surface area contributed by atoms with Crippen molar-refractivity contribution in [3.63, 3.8) is 0 Å². The first-order chi connectivity index (χ1) is 7.99. The van der Waals surface area contributed by atoms with Gasteiger partial charge in [0.2, 0.25) is 0 Å². The lowest BCUT2D eigenvalue weighted by Gasteiger charge is -2.23. The maximum Gasteiger partial charge on any atom is 0.0323 e. The minimum atomic E-state index is 0.410. The lowest BCUT2D eigenvalue weighted by Crippen LogP contribution is -2.23. The van der Waals surface area contributed by atoms with Gasteiger partial charge in [-0.15, -0.1) is 0 Å². The molecular formula is C15H26N2. The van der Waals surface area contributed by atoms with Gasteiger partial charge in [0.15, 0.2) is 0 Å². The van der Waals surface area contributed by atoms with Crippen LogP contribution >= 0.6 is 0 Å². The molecule has 3 N–H and O–H groups in total. The zero-order chi connectivity index (χ0) is 13.0. The van der Waals surface area contributed by atoms with E-state index in [-0.39, 0.29) is 0 Å². The van der Waals surface area contributed by atoms with Gasteiger partial charge < -0.3 is 11.1 Å². The summed E-state index contributed by atoms with van der Waals surface area (Å²) < 4.78 is 0. The van der Waals surface area contributed by atoms with Gasteiger partial charge in [-0.05, 0) is 69.0 Å². The predicted octanol–water partition coefficient (Wildman–Crippen LogP) is 2.86. The SMILES string of the molecule is CNC(CC(C)CN)c1cc(C)c(C)cc1C. The Morgan fingerprint density at radius 1 is 1.12 bits per heavy atom. The van der Waals surface area contributed by atoms with Crippen LogP contribution in [0.5, 0.6) is 0 Å². The highest BCUT2D eigenvalue weighted by Crippen LogP contribution is 2.26. The highest BCUT2D eigenvalue weighted by atomic mass is 14.9. The van der Waals surface area contributed by atoms with Crippen molar-refractivity contribution in [3.05, 3.63) is 34.4 Å². The Labute approximate surface area is 106 Å². The van der Waals surface area contributed by atoms with Crippen molar-refractivity contribution in [1.29, 1.82) is 0 Å². The Morgan fingerprint density at radius 3 is 2.24 bits per heavy atom. The first-order valence-corrected chi connectivity index (χ1v) is 6.44. The van der Waals surface area contributed by atoms with Crippen LogP contribution in [-0.2, 0) is 0 Å². The molecule has 1 rings (SSSR count). The van der Waals surface area contributed by atoms with Gasteiger partial charge in [0.25, 0.3) is 0 Å². The molecule has 0 aromatic heterocycles. The van der Waals surface area contributed by atoms with Gasteiger partial charge in [0, 0.05) is 6.04 Å². The maximum atomic E-state index is 5.72. The average Bonchev–Trinajstić information content (AvgIpc) is 2.30. The van der Waals surface area contributed by atoms with Crippen molar-refractivity contribution in [2.24, 2.45) is 11.7 Å². The normalized spacial score (nSPS) is 14.7. The number of hydrogen-bond donors (Lipinski definition) is 2. The second kappa shape index (κ2) is 6.18. The van der Waals surface area contributed by atoms with E-state index in [2.05, 4.69) is 45.1 Å². The van der Waals surface area contributed by atoms with Crippen LogP contribution in [0, 0.1) is 26.7 Å². The third kappa shape index (κ3) is 3.55. The molecule has 2 atom stereocenters. The molecule has 0 heterocycles. The molecule has 17 heavy (non-hydrogen) atoms. The van der Waals surface area contributed by atoms with Crippen LogP contribution in [-0.4, -0.2) is 13.6 Å². The lowest BCUT2D eigenvalue weighted by molar-refractivity contribution is 0.436. The third-order valence-corrected chi connectivity index (χ3v) is 3.65. The van der Waals surface area contributed by atoms with Crippen molar-refractivity contribution >= 4 is 0 Å². The topological polar surface area (TPSA) is 38.0 Å². The molecule has 0 aliphatic rings. The molecule has 1 aromatic rings. The fourth-order valence-electron chi connectivity index (χ4n) is 2.26. The molecule has 0 bridgehead atoms. The molecule has 0 spiro atoms. The molecule has 96 valence electrons. The highest BCUT2D eigenvalue weighted by Gasteiger charge is 2.15. The molecule has 0 aliphatic carbocycles. The Morgan fingerprint density at radius 2 is 1.71 bits per heavy atom. The predicted molar refractivity (Wildman–Crippen MR) is 75.3 cm³/mol. The molecule has 2 nitrogen and oxygen atoms in total. The van der Waals surface area contributed by atoms with E-state index in [1.165, 1.54) is 22.3 Å². The molecule has 0 fully saturated rings. The first-order valence-electron chi connectivity index (χ1n) is 6.44. The van der Waals surface area contributed by atoms with E-state index < -0.39 is 0 Å². The minimum absolute atomic E-state index is 0.410. The third-order valence-electron chi connectivity index (χ3n) is 3.65. The number of aryl methyl sites for hydroxylation is 3. The summed E-state index contributed by atoms with van der Waals surface area (Å²) in [4.78, 5) is 0. The molecular weight excluding hydrogens is 208 g/mol. The minimum Gasteiger partial charge on any atom is -0.330 e. The summed E-state index contributed by atoms with van der Waals surface area (Å²) in [7, 11) is 2.03. The highest BCUT2D eigenvalue weighted by molar-refractivity contribution is 5.38. The Hall–Kier alpha value is -0.860. The average molecular weight is 234 g/mol. The second-order valence-electron chi connectivity index (χ2n) is 5.21. The van der Waals surface area contributed by atoms with Crippen LogP contribution in [0.2, 0.25) is 0 Å². The Balaban J connectivity index is 2.99. The summed E-state index contributed by atoms with van der Waals surface area (Å²) in [5, 5.41) is 3.42. The maximum absolute atomic E-state index is 5.72. The number of nitrogens with one attached hydrogen (secondary N) is 1. The van der Waals surface area contributed by atoms with E-state index in [9.17, 15) is 0 Å². The van der Waals surface area contributed by atoms with Gasteiger partial charge in [-0.2, -0.15) is 0 Å². The molecule has 2 unspecified atom stereocenters. The molecule has 0 amide bonds. The van der Waals surface area contributed by atoms with Crippen molar-refractivity contribution in [3.8, 4) is 0 Å². The summed E-state index contributed by atoms with van der Waals surface area (Å²) in [5.41, 5.74) is 11.2. The zero-order valence-corrected chi connectivity index (χ0v) is 11.8. The van der Waals surface area contributed by atoms with Crippen LogP contribution in [0.25, 0.3) is 0 Å². The van der Waals surface area contributed by atoms with Gasteiger partial charge in [0.05, 0.1) is 0 Å². The fraction of sp³-hybridized carbons (Fsp3) is 0.600. The van der Waals surface area contributed by atoms with Gasteiger partial charge in [-0.1, -0.05) is 19.1 Å². The molecule has 1 aromatic carbocycles. The summed E-state index contributed by atoms with van der Waals surface area (Å²) in [5.74, 6) is 0.549. The van der Waals surface area contributed by atoms with E-state index in [4.69, 9.17) is 5.73 Å². The summed E-state index contributed by atoms with van der Waals surface area (Å²) in [6.07, 6.45) is 1.09.